The zero-order valence-electron chi connectivity index (χ0n) is 14.2. The lowest BCUT2D eigenvalue weighted by Gasteiger charge is -2.10. The molecule has 2 aromatic heterocycles. The predicted molar refractivity (Wildman–Crippen MR) is 101 cm³/mol. The van der Waals surface area contributed by atoms with Gasteiger partial charge in [-0.25, -0.2) is 4.79 Å². The fraction of sp³-hybridized carbons (Fsp3) is 0.235. The molecule has 136 valence electrons. The van der Waals surface area contributed by atoms with Crippen molar-refractivity contribution in [2.24, 2.45) is 14.1 Å². The van der Waals surface area contributed by atoms with E-state index in [0.29, 0.717) is 10.0 Å². The molecule has 7 nitrogen and oxygen atoms in total. The Kier molecular flexibility index (Phi) is 4.93. The molecule has 0 aliphatic heterocycles. The minimum Gasteiger partial charge on any atom is -0.460 e. The quantitative estimate of drug-likeness (QED) is 0.622. The highest BCUT2D eigenvalue weighted by molar-refractivity contribution is 6.42. The first-order valence-electron chi connectivity index (χ1n) is 7.69. The summed E-state index contributed by atoms with van der Waals surface area (Å²) in [7, 11) is 2.97. The summed E-state index contributed by atoms with van der Waals surface area (Å²) in [5.74, 6) is 0. The summed E-state index contributed by atoms with van der Waals surface area (Å²) in [6.45, 7) is 4.09. The van der Waals surface area contributed by atoms with Crippen molar-refractivity contribution in [3.63, 3.8) is 0 Å². The molecule has 3 rings (SSSR count). The zero-order valence-corrected chi connectivity index (χ0v) is 15.7. The highest BCUT2D eigenvalue weighted by atomic mass is 35.5. The van der Waals surface area contributed by atoms with E-state index in [9.17, 15) is 9.59 Å². The van der Waals surface area contributed by atoms with Crippen molar-refractivity contribution < 1.29 is 4.74 Å². The van der Waals surface area contributed by atoms with Crippen LogP contribution in [-0.4, -0.2) is 25.3 Å². The summed E-state index contributed by atoms with van der Waals surface area (Å²) < 4.78 is 9.55. The van der Waals surface area contributed by atoms with Crippen molar-refractivity contribution in [1.82, 2.24) is 18.7 Å². The standard InChI is InChI=1S/C17H16Cl2N4O3/c1-4-7-26-16-20-14-13(15(24)22(3)17(25)21(14)2)23(16)9-10-5-6-11(18)12(19)8-10/h4-6,8H,1,7,9H2,2-3H3. The predicted octanol–water partition coefficient (Wildman–Crippen LogP) is 2.35. The molecule has 0 amide bonds. The lowest BCUT2D eigenvalue weighted by molar-refractivity contribution is 0.320. The molecule has 1 aromatic carbocycles. The maximum atomic E-state index is 12.7. The highest BCUT2D eigenvalue weighted by Crippen LogP contribution is 2.25. The van der Waals surface area contributed by atoms with Crippen LogP contribution in [0.4, 0.5) is 0 Å². The Hall–Kier alpha value is -2.51. The van der Waals surface area contributed by atoms with E-state index >= 15 is 0 Å². The van der Waals surface area contributed by atoms with Crippen LogP contribution < -0.4 is 16.0 Å². The molecule has 0 unspecified atom stereocenters. The Balaban J connectivity index is 2.26. The van der Waals surface area contributed by atoms with Crippen LogP contribution in [0.5, 0.6) is 6.01 Å². The van der Waals surface area contributed by atoms with Crippen LogP contribution in [-0.2, 0) is 20.6 Å². The molecule has 0 spiro atoms. The highest BCUT2D eigenvalue weighted by Gasteiger charge is 2.20. The summed E-state index contributed by atoms with van der Waals surface area (Å²) in [5, 5.41) is 0.842. The van der Waals surface area contributed by atoms with Crippen molar-refractivity contribution in [1.29, 1.82) is 0 Å². The minimum atomic E-state index is -0.461. The van der Waals surface area contributed by atoms with Gasteiger partial charge in [0.05, 0.1) is 16.6 Å². The topological polar surface area (TPSA) is 71.1 Å². The molecule has 2 heterocycles. The number of imidazole rings is 1. The van der Waals surface area contributed by atoms with Gasteiger partial charge in [-0.2, -0.15) is 4.98 Å². The average Bonchev–Trinajstić information content (AvgIpc) is 2.98. The van der Waals surface area contributed by atoms with Gasteiger partial charge in [0.25, 0.3) is 11.6 Å². The van der Waals surface area contributed by atoms with Crippen molar-refractivity contribution in [3.05, 3.63) is 67.3 Å². The molecule has 0 saturated carbocycles. The van der Waals surface area contributed by atoms with Gasteiger partial charge >= 0.3 is 5.69 Å². The second-order valence-electron chi connectivity index (χ2n) is 5.71. The van der Waals surface area contributed by atoms with Crippen molar-refractivity contribution in [2.75, 3.05) is 6.61 Å². The number of fused-ring (bicyclic) bond motifs is 1. The number of ether oxygens (including phenoxy) is 1. The molecule has 0 bridgehead atoms. The largest absolute Gasteiger partial charge is 0.460 e. The molecule has 0 fully saturated rings. The third kappa shape index (κ3) is 3.04. The first kappa shape index (κ1) is 18.3. The van der Waals surface area contributed by atoms with Gasteiger partial charge in [0.1, 0.15) is 6.61 Å². The normalized spacial score (nSPS) is 11.1. The zero-order chi connectivity index (χ0) is 19.0. The molecule has 0 saturated heterocycles. The van der Waals surface area contributed by atoms with Gasteiger partial charge in [-0.1, -0.05) is 41.9 Å². The maximum Gasteiger partial charge on any atom is 0.332 e. The summed E-state index contributed by atoms with van der Waals surface area (Å²) in [6, 6.07) is 5.39. The molecular formula is C17H16Cl2N4O3. The Morgan fingerprint density at radius 3 is 2.58 bits per heavy atom. The van der Waals surface area contributed by atoms with E-state index < -0.39 is 11.2 Å². The minimum absolute atomic E-state index is 0.207. The summed E-state index contributed by atoms with van der Waals surface area (Å²) >= 11 is 12.0. The Bertz CT molecular complexity index is 1130. The van der Waals surface area contributed by atoms with Crippen LogP contribution in [0.1, 0.15) is 5.56 Å². The summed E-state index contributed by atoms with van der Waals surface area (Å²) in [5.41, 5.74) is 0.399. The lowest BCUT2D eigenvalue weighted by Crippen LogP contribution is -2.37. The number of aromatic nitrogens is 4. The maximum absolute atomic E-state index is 12.7. The van der Waals surface area contributed by atoms with Crippen LogP contribution in [0.15, 0.2) is 40.4 Å². The van der Waals surface area contributed by atoms with Crippen LogP contribution in [0.25, 0.3) is 11.2 Å². The number of hydrogen-bond acceptors (Lipinski definition) is 4. The van der Waals surface area contributed by atoms with Gasteiger partial charge in [-0.15, -0.1) is 0 Å². The number of aryl methyl sites for hydroxylation is 1. The second kappa shape index (κ2) is 7.01. The molecule has 26 heavy (non-hydrogen) atoms. The summed E-state index contributed by atoms with van der Waals surface area (Å²) in [6.07, 6.45) is 1.57. The summed E-state index contributed by atoms with van der Waals surface area (Å²) in [4.78, 5) is 29.2. The molecule has 0 aliphatic rings. The molecule has 0 aliphatic carbocycles. The monoisotopic (exact) mass is 394 g/mol. The van der Waals surface area contributed by atoms with Gasteiger partial charge in [0.2, 0.25) is 0 Å². The van der Waals surface area contributed by atoms with Crippen LogP contribution in [0, 0.1) is 0 Å². The SMILES string of the molecule is C=CCOc1nc2c(c(=O)n(C)c(=O)n2C)n1Cc1ccc(Cl)c(Cl)c1. The number of benzene rings is 1. The fourth-order valence-electron chi connectivity index (χ4n) is 2.64. The molecule has 0 radical (unpaired) electrons. The third-order valence-electron chi connectivity index (χ3n) is 3.97. The first-order chi connectivity index (χ1) is 12.3. The van der Waals surface area contributed by atoms with Crippen molar-refractivity contribution in [3.8, 4) is 6.01 Å². The first-order valence-corrected chi connectivity index (χ1v) is 8.44. The van der Waals surface area contributed by atoms with Crippen molar-refractivity contribution >= 4 is 34.4 Å². The number of hydrogen-bond donors (Lipinski definition) is 0. The number of halogens is 2. The van der Waals surface area contributed by atoms with E-state index in [-0.39, 0.29) is 30.3 Å². The van der Waals surface area contributed by atoms with E-state index in [1.165, 1.54) is 11.6 Å². The lowest BCUT2D eigenvalue weighted by atomic mass is 10.2. The van der Waals surface area contributed by atoms with Crippen molar-refractivity contribution in [2.45, 2.75) is 6.54 Å². The Morgan fingerprint density at radius 1 is 1.19 bits per heavy atom. The Morgan fingerprint density at radius 2 is 1.92 bits per heavy atom. The smallest absolute Gasteiger partial charge is 0.332 e. The number of rotatable bonds is 5. The van der Waals surface area contributed by atoms with E-state index in [1.54, 1.807) is 35.9 Å². The Labute approximate surface area is 158 Å². The van der Waals surface area contributed by atoms with Crippen LogP contribution in [0.2, 0.25) is 10.0 Å². The average molecular weight is 395 g/mol. The van der Waals surface area contributed by atoms with E-state index in [1.807, 2.05) is 0 Å². The van der Waals surface area contributed by atoms with E-state index in [4.69, 9.17) is 27.9 Å². The van der Waals surface area contributed by atoms with Gasteiger partial charge < -0.3 is 4.74 Å². The fourth-order valence-corrected chi connectivity index (χ4v) is 2.96. The molecule has 3 aromatic rings. The van der Waals surface area contributed by atoms with Gasteiger partial charge in [0, 0.05) is 14.1 Å². The van der Waals surface area contributed by atoms with Crippen LogP contribution in [0.3, 0.4) is 0 Å². The van der Waals surface area contributed by atoms with Crippen LogP contribution >= 0.6 is 23.2 Å². The van der Waals surface area contributed by atoms with Gasteiger partial charge in [-0.05, 0) is 17.7 Å². The molecule has 0 N–H and O–H groups in total. The van der Waals surface area contributed by atoms with E-state index in [0.717, 1.165) is 10.1 Å². The molecule has 0 atom stereocenters. The molecule has 9 heteroatoms. The third-order valence-corrected chi connectivity index (χ3v) is 4.71. The van der Waals surface area contributed by atoms with Gasteiger partial charge in [-0.3, -0.25) is 18.5 Å². The number of nitrogens with zero attached hydrogens (tertiary/aromatic N) is 4. The van der Waals surface area contributed by atoms with E-state index in [2.05, 4.69) is 11.6 Å². The second-order valence-corrected chi connectivity index (χ2v) is 6.52. The van der Waals surface area contributed by atoms with Gasteiger partial charge in [0.15, 0.2) is 11.2 Å². The molecular weight excluding hydrogens is 379 g/mol.